The number of para-hydroxylation sites is 1. The van der Waals surface area contributed by atoms with E-state index in [0.717, 1.165) is 11.3 Å². The summed E-state index contributed by atoms with van der Waals surface area (Å²) in [5.41, 5.74) is 2.17. The molecule has 0 spiro atoms. The Hall–Kier alpha value is -2.20. The number of hydrogen-bond donors (Lipinski definition) is 2. The van der Waals surface area contributed by atoms with Gasteiger partial charge in [0.2, 0.25) is 0 Å². The summed E-state index contributed by atoms with van der Waals surface area (Å²) in [5.74, 6) is 1.27. The van der Waals surface area contributed by atoms with Gasteiger partial charge in [-0.05, 0) is 35.2 Å². The summed E-state index contributed by atoms with van der Waals surface area (Å²) in [5, 5.41) is 6.26. The van der Waals surface area contributed by atoms with Crippen LogP contribution in [0.15, 0.2) is 48.5 Å². The second-order valence-corrected chi connectivity index (χ2v) is 6.21. The first-order valence-electron chi connectivity index (χ1n) is 8.04. The zero-order chi connectivity index (χ0) is 17.4. The van der Waals surface area contributed by atoms with Gasteiger partial charge >= 0.3 is 6.03 Å². The van der Waals surface area contributed by atoms with Gasteiger partial charge in [0, 0.05) is 11.6 Å². The van der Waals surface area contributed by atoms with Crippen LogP contribution in [0.25, 0.3) is 0 Å². The summed E-state index contributed by atoms with van der Waals surface area (Å²) in [4.78, 5) is 11.8. The molecule has 2 aromatic carbocycles. The molecule has 0 bridgehead atoms. The van der Waals surface area contributed by atoms with E-state index >= 15 is 0 Å². The van der Waals surface area contributed by atoms with Gasteiger partial charge in [-0.2, -0.15) is 0 Å². The van der Waals surface area contributed by atoms with Gasteiger partial charge in [0.1, 0.15) is 12.4 Å². The molecule has 2 rings (SSSR count). The van der Waals surface area contributed by atoms with Crippen molar-refractivity contribution in [2.24, 2.45) is 0 Å². The lowest BCUT2D eigenvalue weighted by Crippen LogP contribution is -2.37. The Balaban J connectivity index is 1.69. The zero-order valence-electron chi connectivity index (χ0n) is 14.0. The Kier molecular flexibility index (Phi) is 6.94. The Bertz CT molecular complexity index is 657. The van der Waals surface area contributed by atoms with Gasteiger partial charge in [-0.3, -0.25) is 0 Å². The van der Waals surface area contributed by atoms with Crippen molar-refractivity contribution in [3.05, 3.63) is 64.7 Å². The summed E-state index contributed by atoms with van der Waals surface area (Å²) in [6, 6.07) is 15.1. The van der Waals surface area contributed by atoms with E-state index in [1.807, 2.05) is 30.3 Å². The molecule has 5 heteroatoms. The first kappa shape index (κ1) is 18.1. The fourth-order valence-corrected chi connectivity index (χ4v) is 2.39. The maximum atomic E-state index is 11.8. The Morgan fingerprint density at radius 1 is 1.08 bits per heavy atom. The minimum Gasteiger partial charge on any atom is -0.491 e. The van der Waals surface area contributed by atoms with E-state index in [4.69, 9.17) is 16.3 Å². The molecule has 0 heterocycles. The fraction of sp³-hybridized carbons (Fsp3) is 0.316. The van der Waals surface area contributed by atoms with E-state index in [0.29, 0.717) is 30.6 Å². The second kappa shape index (κ2) is 9.18. The molecule has 2 amide bonds. The fourth-order valence-electron chi connectivity index (χ4n) is 2.26. The van der Waals surface area contributed by atoms with Crippen LogP contribution in [-0.2, 0) is 6.54 Å². The predicted molar refractivity (Wildman–Crippen MR) is 97.7 cm³/mol. The highest BCUT2D eigenvalue weighted by molar-refractivity contribution is 6.30. The van der Waals surface area contributed by atoms with Crippen LogP contribution in [-0.4, -0.2) is 19.2 Å². The van der Waals surface area contributed by atoms with Crippen molar-refractivity contribution < 1.29 is 9.53 Å². The lowest BCUT2D eigenvalue weighted by atomic mass is 10.0. The molecule has 128 valence electrons. The molecule has 0 fully saturated rings. The van der Waals surface area contributed by atoms with Gasteiger partial charge in [-0.1, -0.05) is 55.8 Å². The molecule has 0 radical (unpaired) electrons. The average Bonchev–Trinajstić information content (AvgIpc) is 2.58. The predicted octanol–water partition coefficient (Wildman–Crippen LogP) is 4.34. The first-order chi connectivity index (χ1) is 11.6. The van der Waals surface area contributed by atoms with Crippen molar-refractivity contribution in [3.8, 4) is 5.75 Å². The maximum Gasteiger partial charge on any atom is 0.315 e. The van der Waals surface area contributed by atoms with Crippen LogP contribution in [0.4, 0.5) is 4.79 Å². The average molecular weight is 347 g/mol. The summed E-state index contributed by atoms with van der Waals surface area (Å²) >= 11 is 5.83. The Morgan fingerprint density at radius 3 is 2.50 bits per heavy atom. The van der Waals surface area contributed by atoms with E-state index in [1.165, 1.54) is 5.56 Å². The summed E-state index contributed by atoms with van der Waals surface area (Å²) in [6.45, 7) is 5.59. The zero-order valence-corrected chi connectivity index (χ0v) is 14.8. The van der Waals surface area contributed by atoms with E-state index in [2.05, 4.69) is 30.5 Å². The third-order valence-corrected chi connectivity index (χ3v) is 3.80. The van der Waals surface area contributed by atoms with E-state index in [1.54, 1.807) is 12.1 Å². The molecule has 0 aliphatic rings. The highest BCUT2D eigenvalue weighted by Gasteiger charge is 2.07. The minimum absolute atomic E-state index is 0.217. The van der Waals surface area contributed by atoms with Gasteiger partial charge < -0.3 is 15.4 Å². The van der Waals surface area contributed by atoms with E-state index in [9.17, 15) is 4.79 Å². The third kappa shape index (κ3) is 5.78. The second-order valence-electron chi connectivity index (χ2n) is 5.78. The number of halogens is 1. The van der Waals surface area contributed by atoms with Gasteiger partial charge in [-0.15, -0.1) is 0 Å². The number of nitrogens with one attached hydrogen (secondary N) is 2. The molecule has 0 atom stereocenters. The number of benzene rings is 2. The molecular weight excluding hydrogens is 324 g/mol. The standard InChI is InChI=1S/C19H23ClN2O2/c1-14(2)17-5-3-4-6-18(17)24-12-11-21-19(23)22-13-15-7-9-16(20)10-8-15/h3-10,14H,11-13H2,1-2H3,(H2,21,22,23). The van der Waals surface area contributed by atoms with Crippen LogP contribution >= 0.6 is 11.6 Å². The van der Waals surface area contributed by atoms with Crippen LogP contribution in [0.1, 0.15) is 30.9 Å². The smallest absolute Gasteiger partial charge is 0.315 e. The van der Waals surface area contributed by atoms with Gasteiger partial charge in [-0.25, -0.2) is 4.79 Å². The molecule has 0 saturated heterocycles. The van der Waals surface area contributed by atoms with Crippen molar-refractivity contribution in [2.75, 3.05) is 13.2 Å². The molecule has 0 saturated carbocycles. The van der Waals surface area contributed by atoms with Crippen LogP contribution in [0.5, 0.6) is 5.75 Å². The normalized spacial score (nSPS) is 10.5. The number of carbonyl (C=O) groups is 1. The van der Waals surface area contributed by atoms with Gasteiger partial charge in [0.25, 0.3) is 0 Å². The van der Waals surface area contributed by atoms with Crippen molar-refractivity contribution in [1.82, 2.24) is 10.6 Å². The largest absolute Gasteiger partial charge is 0.491 e. The molecule has 0 aliphatic heterocycles. The molecule has 0 unspecified atom stereocenters. The van der Waals surface area contributed by atoms with Crippen LogP contribution in [0, 0.1) is 0 Å². The number of hydrogen-bond acceptors (Lipinski definition) is 2. The SMILES string of the molecule is CC(C)c1ccccc1OCCNC(=O)NCc1ccc(Cl)cc1. The lowest BCUT2D eigenvalue weighted by molar-refractivity contribution is 0.236. The first-order valence-corrected chi connectivity index (χ1v) is 8.42. The summed E-state index contributed by atoms with van der Waals surface area (Å²) < 4.78 is 5.77. The number of urea groups is 1. The third-order valence-electron chi connectivity index (χ3n) is 3.55. The molecule has 0 aliphatic carbocycles. The number of ether oxygens (including phenoxy) is 1. The van der Waals surface area contributed by atoms with Crippen LogP contribution < -0.4 is 15.4 Å². The van der Waals surface area contributed by atoms with Crippen molar-refractivity contribution in [3.63, 3.8) is 0 Å². The Labute approximate surface area is 148 Å². The van der Waals surface area contributed by atoms with Crippen LogP contribution in [0.3, 0.4) is 0 Å². The summed E-state index contributed by atoms with van der Waals surface area (Å²) in [7, 11) is 0. The van der Waals surface area contributed by atoms with E-state index in [-0.39, 0.29) is 6.03 Å². The van der Waals surface area contributed by atoms with Gasteiger partial charge in [0.05, 0.1) is 6.54 Å². The molecule has 2 N–H and O–H groups in total. The number of rotatable bonds is 7. The molecule has 24 heavy (non-hydrogen) atoms. The molecule has 0 aromatic heterocycles. The minimum atomic E-state index is -0.217. The lowest BCUT2D eigenvalue weighted by Gasteiger charge is -2.14. The highest BCUT2D eigenvalue weighted by Crippen LogP contribution is 2.25. The summed E-state index contributed by atoms with van der Waals surface area (Å²) in [6.07, 6.45) is 0. The van der Waals surface area contributed by atoms with Crippen molar-refractivity contribution in [1.29, 1.82) is 0 Å². The monoisotopic (exact) mass is 346 g/mol. The Morgan fingerprint density at radius 2 is 1.79 bits per heavy atom. The van der Waals surface area contributed by atoms with E-state index < -0.39 is 0 Å². The molecular formula is C19H23ClN2O2. The van der Waals surface area contributed by atoms with Crippen molar-refractivity contribution >= 4 is 17.6 Å². The molecule has 4 nitrogen and oxygen atoms in total. The maximum absolute atomic E-state index is 11.8. The number of amides is 2. The quantitative estimate of drug-likeness (QED) is 0.732. The number of carbonyl (C=O) groups excluding carboxylic acids is 1. The van der Waals surface area contributed by atoms with Crippen LogP contribution in [0.2, 0.25) is 5.02 Å². The van der Waals surface area contributed by atoms with Crippen molar-refractivity contribution in [2.45, 2.75) is 26.3 Å². The topological polar surface area (TPSA) is 50.4 Å². The molecule has 2 aromatic rings. The van der Waals surface area contributed by atoms with Gasteiger partial charge in [0.15, 0.2) is 0 Å². The highest BCUT2D eigenvalue weighted by atomic mass is 35.5.